The van der Waals surface area contributed by atoms with E-state index in [1.54, 1.807) is 24.4 Å². The van der Waals surface area contributed by atoms with E-state index in [9.17, 15) is 9.59 Å². The maximum Gasteiger partial charge on any atom is 0.275 e. The van der Waals surface area contributed by atoms with Crippen molar-refractivity contribution in [2.24, 2.45) is 11.8 Å². The first-order valence-corrected chi connectivity index (χ1v) is 10.7. The Morgan fingerprint density at radius 1 is 1.13 bits per heavy atom. The van der Waals surface area contributed by atoms with Gasteiger partial charge in [0.05, 0.1) is 6.61 Å². The summed E-state index contributed by atoms with van der Waals surface area (Å²) < 4.78 is 0. The highest BCUT2D eigenvalue weighted by Gasteiger charge is 2.29. The minimum atomic E-state index is -0.299. The average Bonchev–Trinajstić information content (AvgIpc) is 3.47. The van der Waals surface area contributed by atoms with E-state index in [4.69, 9.17) is 10.6 Å². The number of aromatic nitrogens is 1. The molecule has 0 unspecified atom stereocenters. The Bertz CT molecular complexity index is 920. The van der Waals surface area contributed by atoms with Gasteiger partial charge in [-0.2, -0.15) is 0 Å². The predicted octanol–water partition coefficient (Wildman–Crippen LogP) is 3.45. The van der Waals surface area contributed by atoms with Gasteiger partial charge in [-0.05, 0) is 67.0 Å². The topological polar surface area (TPSA) is 106 Å². The number of carbonyl (C=O) groups excluding carboxylic acids is 2. The van der Waals surface area contributed by atoms with Gasteiger partial charge in [0.1, 0.15) is 5.82 Å². The lowest BCUT2D eigenvalue weighted by atomic mass is 9.98. The number of carbonyl (C=O) groups is 2. The zero-order valence-electron chi connectivity index (χ0n) is 17.0. The fourth-order valence-electron chi connectivity index (χ4n) is 3.90. The molecule has 1 heterocycles. The molecule has 2 saturated carbocycles. The number of benzene rings is 1. The molecule has 1 aromatic carbocycles. The van der Waals surface area contributed by atoms with Crippen LogP contribution in [0.1, 0.15) is 60.0 Å². The maximum atomic E-state index is 12.7. The third kappa shape index (κ3) is 5.16. The average molecular weight is 409 g/mol. The smallest absolute Gasteiger partial charge is 0.275 e. The molecule has 0 bridgehead atoms. The maximum absolute atomic E-state index is 12.7. The van der Waals surface area contributed by atoms with Crippen LogP contribution < -0.4 is 16.5 Å². The second kappa shape index (κ2) is 9.26. The molecule has 7 nitrogen and oxygen atoms in total. The molecule has 0 atom stereocenters. The van der Waals surface area contributed by atoms with Crippen molar-refractivity contribution in [2.45, 2.75) is 44.9 Å². The van der Waals surface area contributed by atoms with Gasteiger partial charge < -0.3 is 11.1 Å². The van der Waals surface area contributed by atoms with Crippen LogP contribution in [0.3, 0.4) is 0 Å². The lowest BCUT2D eigenvalue weighted by Crippen LogP contribution is -2.27. The zero-order chi connectivity index (χ0) is 20.9. The summed E-state index contributed by atoms with van der Waals surface area (Å²) in [6, 6.07) is 8.97. The summed E-state index contributed by atoms with van der Waals surface area (Å²) in [4.78, 5) is 34.4. The molecular weight excluding hydrogens is 380 g/mol. The van der Waals surface area contributed by atoms with Crippen LogP contribution in [-0.2, 0) is 16.1 Å². The normalized spacial score (nSPS) is 16.4. The molecule has 2 aliphatic rings. The number of nitrogens with one attached hydrogen (secondary N) is 2. The molecule has 0 radical (unpaired) electrons. The second-order valence-corrected chi connectivity index (χ2v) is 8.26. The molecule has 0 saturated heterocycles. The Hall–Kier alpha value is -2.93. The van der Waals surface area contributed by atoms with E-state index in [0.29, 0.717) is 36.0 Å². The number of amides is 2. The van der Waals surface area contributed by atoms with Gasteiger partial charge in [-0.15, -0.1) is 0 Å². The standard InChI is InChI=1S/C23H28N4O3/c24-20-7-3-6-18(23(29)27-30-14-15-4-1-2-5-15)19(20)12-16-10-11-25-21(13-16)26-22(28)17-8-9-17/h3,6-7,10-11,13,15,17H,1-2,4-5,8-9,12,14,24H2,(H,27,29)(H,25,26,28). The highest BCUT2D eigenvalue weighted by molar-refractivity contribution is 5.96. The predicted molar refractivity (Wildman–Crippen MR) is 115 cm³/mol. The van der Waals surface area contributed by atoms with E-state index in [1.807, 2.05) is 12.1 Å². The second-order valence-electron chi connectivity index (χ2n) is 8.26. The van der Waals surface area contributed by atoms with Gasteiger partial charge in [-0.3, -0.25) is 14.4 Å². The molecule has 4 N–H and O–H groups in total. The van der Waals surface area contributed by atoms with Crippen molar-refractivity contribution in [1.29, 1.82) is 0 Å². The fraction of sp³-hybridized carbons (Fsp3) is 0.435. The van der Waals surface area contributed by atoms with Crippen LogP contribution in [0.15, 0.2) is 36.5 Å². The van der Waals surface area contributed by atoms with Crippen LogP contribution in [0, 0.1) is 11.8 Å². The van der Waals surface area contributed by atoms with Gasteiger partial charge in [0.15, 0.2) is 0 Å². The quantitative estimate of drug-likeness (QED) is 0.458. The molecule has 2 fully saturated rings. The van der Waals surface area contributed by atoms with Crippen molar-refractivity contribution in [2.75, 3.05) is 17.7 Å². The summed E-state index contributed by atoms with van der Waals surface area (Å²) in [6.45, 7) is 0.539. The van der Waals surface area contributed by atoms with E-state index in [0.717, 1.165) is 36.8 Å². The third-order valence-corrected chi connectivity index (χ3v) is 5.82. The van der Waals surface area contributed by atoms with Crippen LogP contribution in [0.4, 0.5) is 11.5 Å². The van der Waals surface area contributed by atoms with E-state index >= 15 is 0 Å². The van der Waals surface area contributed by atoms with Gasteiger partial charge in [-0.1, -0.05) is 18.9 Å². The minimum absolute atomic E-state index is 0.0124. The Morgan fingerprint density at radius 3 is 2.70 bits per heavy atom. The molecule has 0 aliphatic heterocycles. The van der Waals surface area contributed by atoms with Crippen molar-refractivity contribution in [3.63, 3.8) is 0 Å². The molecule has 2 aromatic rings. The fourth-order valence-corrected chi connectivity index (χ4v) is 3.90. The number of hydrogen-bond donors (Lipinski definition) is 3. The van der Waals surface area contributed by atoms with E-state index in [2.05, 4.69) is 15.8 Å². The van der Waals surface area contributed by atoms with Crippen molar-refractivity contribution in [3.8, 4) is 0 Å². The molecule has 1 aromatic heterocycles. The molecule has 0 spiro atoms. The molecular formula is C23H28N4O3. The summed E-state index contributed by atoms with van der Waals surface area (Å²) in [5, 5.41) is 2.86. The van der Waals surface area contributed by atoms with Crippen LogP contribution in [0.25, 0.3) is 0 Å². The Morgan fingerprint density at radius 2 is 1.93 bits per heavy atom. The number of pyridine rings is 1. The number of nitrogens with two attached hydrogens (primary N) is 1. The number of nitrogen functional groups attached to an aromatic ring is 1. The zero-order valence-corrected chi connectivity index (χ0v) is 17.0. The summed E-state index contributed by atoms with van der Waals surface area (Å²) in [5.74, 6) is 0.862. The molecule has 2 aliphatic carbocycles. The number of nitrogens with zero attached hydrogens (tertiary/aromatic N) is 1. The molecule has 7 heteroatoms. The largest absolute Gasteiger partial charge is 0.398 e. The summed E-state index contributed by atoms with van der Waals surface area (Å²) in [7, 11) is 0. The molecule has 158 valence electrons. The first kappa shape index (κ1) is 20.3. The van der Waals surface area contributed by atoms with Gasteiger partial charge in [-0.25, -0.2) is 10.5 Å². The molecule has 30 heavy (non-hydrogen) atoms. The highest BCUT2D eigenvalue weighted by atomic mass is 16.6. The van der Waals surface area contributed by atoms with Gasteiger partial charge in [0, 0.05) is 29.8 Å². The summed E-state index contributed by atoms with van der Waals surface area (Å²) in [6.07, 6.45) is 8.75. The lowest BCUT2D eigenvalue weighted by Gasteiger charge is -2.14. The number of anilines is 2. The van der Waals surface area contributed by atoms with E-state index in [1.165, 1.54) is 12.8 Å². The first-order chi connectivity index (χ1) is 14.6. The van der Waals surface area contributed by atoms with Crippen LogP contribution >= 0.6 is 0 Å². The Balaban J connectivity index is 1.43. The molecule has 2 amide bonds. The van der Waals surface area contributed by atoms with Crippen molar-refractivity contribution in [3.05, 3.63) is 53.2 Å². The van der Waals surface area contributed by atoms with Gasteiger partial charge in [0.2, 0.25) is 5.91 Å². The van der Waals surface area contributed by atoms with Crippen LogP contribution in [-0.4, -0.2) is 23.4 Å². The number of rotatable bonds is 8. The van der Waals surface area contributed by atoms with Crippen molar-refractivity contribution in [1.82, 2.24) is 10.5 Å². The van der Waals surface area contributed by atoms with Crippen LogP contribution in [0.5, 0.6) is 0 Å². The van der Waals surface area contributed by atoms with E-state index < -0.39 is 0 Å². The SMILES string of the molecule is Nc1cccc(C(=O)NOCC2CCCC2)c1Cc1ccnc(NC(=O)C2CC2)c1. The summed E-state index contributed by atoms with van der Waals surface area (Å²) >= 11 is 0. The van der Waals surface area contributed by atoms with Crippen molar-refractivity contribution < 1.29 is 14.4 Å². The highest BCUT2D eigenvalue weighted by Crippen LogP contribution is 2.30. The van der Waals surface area contributed by atoms with Gasteiger partial charge in [0.25, 0.3) is 5.91 Å². The first-order valence-electron chi connectivity index (χ1n) is 10.7. The minimum Gasteiger partial charge on any atom is -0.398 e. The molecule has 4 rings (SSSR count). The van der Waals surface area contributed by atoms with Crippen LogP contribution in [0.2, 0.25) is 0 Å². The van der Waals surface area contributed by atoms with Crippen molar-refractivity contribution >= 4 is 23.3 Å². The number of hydrogen-bond acceptors (Lipinski definition) is 5. The Labute approximate surface area is 176 Å². The van der Waals surface area contributed by atoms with Gasteiger partial charge >= 0.3 is 0 Å². The number of hydroxylamine groups is 1. The monoisotopic (exact) mass is 408 g/mol. The lowest BCUT2D eigenvalue weighted by molar-refractivity contribution is -0.117. The third-order valence-electron chi connectivity index (χ3n) is 5.82. The van der Waals surface area contributed by atoms with E-state index in [-0.39, 0.29) is 17.7 Å². The Kier molecular flexibility index (Phi) is 6.28. The summed E-state index contributed by atoms with van der Waals surface area (Å²) in [5.41, 5.74) is 11.4.